The third-order valence-corrected chi connectivity index (χ3v) is 4.61. The highest BCUT2D eigenvalue weighted by Gasteiger charge is 2.14. The van der Waals surface area contributed by atoms with Gasteiger partial charge in [0, 0.05) is 12.2 Å². The lowest BCUT2D eigenvalue weighted by Gasteiger charge is -2.13. The van der Waals surface area contributed by atoms with Crippen LogP contribution >= 0.6 is 0 Å². The molecule has 0 saturated carbocycles. The van der Waals surface area contributed by atoms with Crippen molar-refractivity contribution in [1.82, 2.24) is 19.7 Å². The average Bonchev–Trinajstić information content (AvgIpc) is 3.03. The first-order valence-electron chi connectivity index (χ1n) is 9.22. The highest BCUT2D eigenvalue weighted by atomic mass is 16.5. The Kier molecular flexibility index (Phi) is 4.69. The Hall–Kier alpha value is -3.41. The Morgan fingerprint density at radius 1 is 0.964 bits per heavy atom. The van der Waals surface area contributed by atoms with Gasteiger partial charge in [-0.3, -0.25) is 0 Å². The summed E-state index contributed by atoms with van der Waals surface area (Å²) in [6.07, 6.45) is 0. The fourth-order valence-electron chi connectivity index (χ4n) is 3.23. The predicted octanol–water partition coefficient (Wildman–Crippen LogP) is 4.36. The van der Waals surface area contributed by atoms with Crippen molar-refractivity contribution in [2.24, 2.45) is 0 Å². The summed E-state index contributed by atoms with van der Waals surface area (Å²) in [6.45, 7) is 6.66. The second kappa shape index (κ2) is 7.31. The summed E-state index contributed by atoms with van der Waals surface area (Å²) in [5, 5.41) is 8.04. The van der Waals surface area contributed by atoms with Crippen LogP contribution in [0.15, 0.2) is 48.5 Å². The first kappa shape index (κ1) is 18.0. The quantitative estimate of drug-likeness (QED) is 0.563. The molecule has 0 aliphatic carbocycles. The molecular formula is C22H23N5O. The summed E-state index contributed by atoms with van der Waals surface area (Å²) in [4.78, 5) is 9.71. The molecule has 142 valence electrons. The van der Waals surface area contributed by atoms with E-state index in [1.54, 1.807) is 7.11 Å². The number of aromatic nitrogens is 4. The van der Waals surface area contributed by atoms with Crippen LogP contribution in [0.25, 0.3) is 16.9 Å². The lowest BCUT2D eigenvalue weighted by molar-refractivity contribution is 0.414. The normalized spacial score (nSPS) is 11.0. The third-order valence-electron chi connectivity index (χ3n) is 4.61. The minimum Gasteiger partial charge on any atom is -0.497 e. The Balaban J connectivity index is 1.77. The number of fused-ring (bicyclic) bond motifs is 1. The van der Waals surface area contributed by atoms with Gasteiger partial charge in [-0.2, -0.15) is 5.10 Å². The predicted molar refractivity (Wildman–Crippen MR) is 111 cm³/mol. The SMILES string of the molecule is COc1cccc(CNc2nc3ccc(C)cc3nc2-n2nc(C)cc2C)c1. The maximum Gasteiger partial charge on any atom is 0.197 e. The van der Waals surface area contributed by atoms with Crippen LogP contribution in [0.3, 0.4) is 0 Å². The van der Waals surface area contributed by atoms with Crippen LogP contribution in [0.4, 0.5) is 5.82 Å². The van der Waals surface area contributed by atoms with Crippen molar-refractivity contribution >= 4 is 16.9 Å². The summed E-state index contributed by atoms with van der Waals surface area (Å²) in [5.41, 5.74) is 5.92. The molecule has 0 atom stereocenters. The molecular weight excluding hydrogens is 350 g/mol. The molecule has 0 unspecified atom stereocenters. The fourth-order valence-corrected chi connectivity index (χ4v) is 3.23. The number of nitrogens with zero attached hydrogens (tertiary/aromatic N) is 4. The standard InChI is InChI=1S/C22H23N5O/c1-14-8-9-19-20(10-14)25-22(27-16(3)11-15(2)26-27)21(24-19)23-13-17-6-5-7-18(12-17)28-4/h5-12H,13H2,1-4H3,(H,23,24). The van der Waals surface area contributed by atoms with Crippen LogP contribution < -0.4 is 10.1 Å². The largest absolute Gasteiger partial charge is 0.497 e. The minimum absolute atomic E-state index is 0.607. The number of hydrogen-bond donors (Lipinski definition) is 1. The van der Waals surface area contributed by atoms with Crippen LogP contribution in [-0.2, 0) is 6.54 Å². The summed E-state index contributed by atoms with van der Waals surface area (Å²) >= 11 is 0. The third kappa shape index (κ3) is 3.53. The molecule has 2 heterocycles. The van der Waals surface area contributed by atoms with Gasteiger partial charge in [-0.25, -0.2) is 14.6 Å². The van der Waals surface area contributed by atoms with Crippen molar-refractivity contribution in [1.29, 1.82) is 0 Å². The summed E-state index contributed by atoms with van der Waals surface area (Å²) in [5.74, 6) is 2.23. The van der Waals surface area contributed by atoms with Crippen molar-refractivity contribution in [3.05, 3.63) is 71.0 Å². The van der Waals surface area contributed by atoms with Gasteiger partial charge < -0.3 is 10.1 Å². The second-order valence-corrected chi connectivity index (χ2v) is 6.93. The van der Waals surface area contributed by atoms with E-state index in [1.165, 1.54) is 0 Å². The molecule has 0 radical (unpaired) electrons. The highest BCUT2D eigenvalue weighted by molar-refractivity contribution is 5.79. The molecule has 4 aromatic rings. The summed E-state index contributed by atoms with van der Waals surface area (Å²) < 4.78 is 7.16. The molecule has 6 nitrogen and oxygen atoms in total. The lowest BCUT2D eigenvalue weighted by Crippen LogP contribution is -2.11. The number of aryl methyl sites for hydroxylation is 3. The van der Waals surface area contributed by atoms with E-state index in [4.69, 9.17) is 14.7 Å². The first-order valence-corrected chi connectivity index (χ1v) is 9.22. The van der Waals surface area contributed by atoms with Gasteiger partial charge in [-0.15, -0.1) is 0 Å². The van der Waals surface area contributed by atoms with Gasteiger partial charge in [0.15, 0.2) is 11.6 Å². The first-order chi connectivity index (χ1) is 13.5. The molecule has 0 aliphatic heterocycles. The zero-order chi connectivity index (χ0) is 19.7. The van der Waals surface area contributed by atoms with Crippen molar-refractivity contribution in [3.63, 3.8) is 0 Å². The van der Waals surface area contributed by atoms with Crippen molar-refractivity contribution in [3.8, 4) is 11.6 Å². The molecule has 2 aromatic carbocycles. The van der Waals surface area contributed by atoms with Crippen molar-refractivity contribution < 1.29 is 4.74 Å². The number of methoxy groups -OCH3 is 1. The van der Waals surface area contributed by atoms with Gasteiger partial charge in [0.2, 0.25) is 0 Å². The van der Waals surface area contributed by atoms with Crippen molar-refractivity contribution in [2.75, 3.05) is 12.4 Å². The van der Waals surface area contributed by atoms with E-state index in [2.05, 4.69) is 23.4 Å². The molecule has 0 amide bonds. The van der Waals surface area contributed by atoms with E-state index >= 15 is 0 Å². The Morgan fingerprint density at radius 3 is 2.57 bits per heavy atom. The second-order valence-electron chi connectivity index (χ2n) is 6.93. The van der Waals surface area contributed by atoms with Gasteiger partial charge in [0.1, 0.15) is 5.75 Å². The number of ether oxygens (including phenoxy) is 1. The van der Waals surface area contributed by atoms with E-state index in [0.717, 1.165) is 39.3 Å². The van der Waals surface area contributed by atoms with E-state index in [-0.39, 0.29) is 0 Å². The highest BCUT2D eigenvalue weighted by Crippen LogP contribution is 2.23. The maximum absolute atomic E-state index is 5.32. The van der Waals surface area contributed by atoms with Crippen LogP contribution in [0, 0.1) is 20.8 Å². The minimum atomic E-state index is 0.607. The molecule has 0 saturated heterocycles. The van der Waals surface area contributed by atoms with Crippen LogP contribution in [0.1, 0.15) is 22.5 Å². The summed E-state index contributed by atoms with van der Waals surface area (Å²) in [6, 6.07) is 16.1. The zero-order valence-electron chi connectivity index (χ0n) is 16.5. The fraction of sp³-hybridized carbons (Fsp3) is 0.227. The van der Waals surface area contributed by atoms with E-state index in [9.17, 15) is 0 Å². The van der Waals surface area contributed by atoms with Crippen LogP contribution in [0.2, 0.25) is 0 Å². The smallest absolute Gasteiger partial charge is 0.197 e. The summed E-state index contributed by atoms with van der Waals surface area (Å²) in [7, 11) is 1.67. The van der Waals surface area contributed by atoms with Crippen molar-refractivity contribution in [2.45, 2.75) is 27.3 Å². The number of rotatable bonds is 5. The molecule has 28 heavy (non-hydrogen) atoms. The van der Waals surface area contributed by atoms with Gasteiger partial charge in [0.05, 0.1) is 23.8 Å². The Labute approximate surface area is 164 Å². The number of nitrogens with one attached hydrogen (secondary N) is 1. The number of anilines is 1. The molecule has 0 aliphatic rings. The van der Waals surface area contributed by atoms with Gasteiger partial charge in [-0.05, 0) is 62.2 Å². The zero-order valence-corrected chi connectivity index (χ0v) is 16.5. The molecule has 0 spiro atoms. The average molecular weight is 373 g/mol. The lowest BCUT2D eigenvalue weighted by atomic mass is 10.2. The topological polar surface area (TPSA) is 64.9 Å². The van der Waals surface area contributed by atoms with E-state index in [1.807, 2.05) is 61.0 Å². The number of hydrogen-bond acceptors (Lipinski definition) is 5. The molecule has 1 N–H and O–H groups in total. The molecule has 2 aromatic heterocycles. The Bertz CT molecular complexity index is 1150. The maximum atomic E-state index is 5.32. The number of benzene rings is 2. The molecule has 6 heteroatoms. The van der Waals surface area contributed by atoms with Gasteiger partial charge in [-0.1, -0.05) is 18.2 Å². The monoisotopic (exact) mass is 373 g/mol. The molecule has 0 bridgehead atoms. The van der Waals surface area contributed by atoms with Gasteiger partial charge in [0.25, 0.3) is 0 Å². The molecule has 0 fully saturated rings. The molecule has 4 rings (SSSR count). The van der Waals surface area contributed by atoms with Crippen LogP contribution in [-0.4, -0.2) is 26.9 Å². The Morgan fingerprint density at radius 2 is 1.82 bits per heavy atom. The van der Waals surface area contributed by atoms with Gasteiger partial charge >= 0.3 is 0 Å². The van der Waals surface area contributed by atoms with E-state index < -0.39 is 0 Å². The van der Waals surface area contributed by atoms with E-state index in [0.29, 0.717) is 18.2 Å². The van der Waals surface area contributed by atoms with Crippen LogP contribution in [0.5, 0.6) is 5.75 Å².